The third kappa shape index (κ3) is 4.28. The molecule has 0 atom stereocenters. The van der Waals surface area contributed by atoms with Gasteiger partial charge in [0.2, 0.25) is 0 Å². The number of carbonyl (C=O) groups is 1. The van der Waals surface area contributed by atoms with Gasteiger partial charge in [-0.1, -0.05) is 20.8 Å². The third-order valence-corrected chi connectivity index (χ3v) is 2.38. The second-order valence-corrected chi connectivity index (χ2v) is 4.71. The summed E-state index contributed by atoms with van der Waals surface area (Å²) in [6.07, 6.45) is 0.913. The first-order chi connectivity index (χ1) is 8.54. The van der Waals surface area contributed by atoms with Gasteiger partial charge >= 0.3 is 0 Å². The molecule has 0 aliphatic rings. The van der Waals surface area contributed by atoms with Gasteiger partial charge in [-0.3, -0.25) is 4.79 Å². The summed E-state index contributed by atoms with van der Waals surface area (Å²) in [6, 6.07) is 5.14. The number of benzene rings is 1. The Morgan fingerprint density at radius 1 is 1.44 bits per heavy atom. The van der Waals surface area contributed by atoms with Crippen molar-refractivity contribution >= 4 is 11.6 Å². The van der Waals surface area contributed by atoms with Gasteiger partial charge in [-0.2, -0.15) is 0 Å². The van der Waals surface area contributed by atoms with Gasteiger partial charge in [0.1, 0.15) is 5.75 Å². The van der Waals surface area contributed by atoms with Gasteiger partial charge in [-0.15, -0.1) is 0 Å². The standard InChI is InChI=1S/C14H22N2O2/c1-4-7-16-14(17)11-5-6-13(12(15)8-11)18-9-10(2)3/h5-6,8,10H,4,7,9,15H2,1-3H3,(H,16,17). The van der Waals surface area contributed by atoms with E-state index in [4.69, 9.17) is 10.5 Å². The summed E-state index contributed by atoms with van der Waals surface area (Å²) >= 11 is 0. The van der Waals surface area contributed by atoms with Crippen molar-refractivity contribution in [3.05, 3.63) is 23.8 Å². The van der Waals surface area contributed by atoms with Crippen molar-refractivity contribution in [2.45, 2.75) is 27.2 Å². The molecule has 0 fully saturated rings. The van der Waals surface area contributed by atoms with E-state index in [0.717, 1.165) is 6.42 Å². The molecule has 4 heteroatoms. The number of ether oxygens (including phenoxy) is 1. The van der Waals surface area contributed by atoms with Crippen molar-refractivity contribution in [2.75, 3.05) is 18.9 Å². The number of hydrogen-bond donors (Lipinski definition) is 2. The van der Waals surface area contributed by atoms with Crippen molar-refractivity contribution in [1.82, 2.24) is 5.32 Å². The largest absolute Gasteiger partial charge is 0.491 e. The monoisotopic (exact) mass is 250 g/mol. The first-order valence-electron chi connectivity index (χ1n) is 6.35. The van der Waals surface area contributed by atoms with Crippen LogP contribution in [0.15, 0.2) is 18.2 Å². The molecule has 0 aromatic heterocycles. The minimum atomic E-state index is -0.0982. The van der Waals surface area contributed by atoms with Gasteiger partial charge in [0.15, 0.2) is 0 Å². The van der Waals surface area contributed by atoms with Crippen molar-refractivity contribution in [1.29, 1.82) is 0 Å². The van der Waals surface area contributed by atoms with Crippen LogP contribution in [0.2, 0.25) is 0 Å². The second kappa shape index (κ2) is 6.89. The van der Waals surface area contributed by atoms with Crippen LogP contribution >= 0.6 is 0 Å². The molecule has 1 amide bonds. The molecule has 0 aliphatic heterocycles. The van der Waals surface area contributed by atoms with Gasteiger partial charge in [-0.25, -0.2) is 0 Å². The van der Waals surface area contributed by atoms with Gasteiger partial charge in [0, 0.05) is 12.1 Å². The zero-order valence-electron chi connectivity index (χ0n) is 11.3. The van der Waals surface area contributed by atoms with E-state index in [1.807, 2.05) is 6.92 Å². The maximum absolute atomic E-state index is 11.7. The van der Waals surface area contributed by atoms with Crippen LogP contribution in [-0.2, 0) is 0 Å². The summed E-state index contributed by atoms with van der Waals surface area (Å²) in [5.41, 5.74) is 6.94. The molecule has 0 radical (unpaired) electrons. The minimum Gasteiger partial charge on any atom is -0.491 e. The van der Waals surface area contributed by atoms with Crippen LogP contribution in [0.4, 0.5) is 5.69 Å². The smallest absolute Gasteiger partial charge is 0.251 e. The Hall–Kier alpha value is -1.71. The van der Waals surface area contributed by atoms with E-state index in [1.54, 1.807) is 18.2 Å². The number of hydrogen-bond acceptors (Lipinski definition) is 3. The molecule has 100 valence electrons. The molecule has 0 saturated heterocycles. The molecule has 0 heterocycles. The summed E-state index contributed by atoms with van der Waals surface area (Å²) in [7, 11) is 0. The number of nitrogens with two attached hydrogens (primary N) is 1. The molecule has 3 N–H and O–H groups in total. The van der Waals surface area contributed by atoms with Crippen molar-refractivity contribution < 1.29 is 9.53 Å². The molecule has 0 bridgehead atoms. The average Bonchev–Trinajstić information content (AvgIpc) is 2.34. The van der Waals surface area contributed by atoms with Crippen LogP contribution in [-0.4, -0.2) is 19.1 Å². The topological polar surface area (TPSA) is 64.3 Å². The highest BCUT2D eigenvalue weighted by atomic mass is 16.5. The maximum Gasteiger partial charge on any atom is 0.251 e. The van der Waals surface area contributed by atoms with Crippen LogP contribution in [0.25, 0.3) is 0 Å². The van der Waals surface area contributed by atoms with E-state index in [0.29, 0.717) is 36.1 Å². The Bertz CT molecular complexity index is 403. The van der Waals surface area contributed by atoms with Crippen molar-refractivity contribution in [3.8, 4) is 5.75 Å². The molecule has 0 unspecified atom stereocenters. The van der Waals surface area contributed by atoms with Crippen LogP contribution in [0.1, 0.15) is 37.6 Å². The lowest BCUT2D eigenvalue weighted by atomic mass is 10.1. The zero-order chi connectivity index (χ0) is 13.5. The molecular weight excluding hydrogens is 228 g/mol. The summed E-state index contributed by atoms with van der Waals surface area (Å²) in [4.78, 5) is 11.7. The number of nitrogens with one attached hydrogen (secondary N) is 1. The SMILES string of the molecule is CCCNC(=O)c1ccc(OCC(C)C)c(N)c1. The number of carbonyl (C=O) groups excluding carboxylic acids is 1. The first kappa shape index (κ1) is 14.4. The predicted octanol–water partition coefficient (Wildman–Crippen LogP) is 2.44. The van der Waals surface area contributed by atoms with Crippen LogP contribution in [0, 0.1) is 5.92 Å². The molecule has 0 aliphatic carbocycles. The molecule has 1 aromatic rings. The van der Waals surface area contributed by atoms with Crippen LogP contribution in [0.3, 0.4) is 0 Å². The van der Waals surface area contributed by atoms with Crippen molar-refractivity contribution in [2.24, 2.45) is 5.92 Å². The maximum atomic E-state index is 11.7. The molecule has 4 nitrogen and oxygen atoms in total. The van der Waals surface area contributed by atoms with Crippen molar-refractivity contribution in [3.63, 3.8) is 0 Å². The zero-order valence-corrected chi connectivity index (χ0v) is 11.3. The Labute approximate surface area is 109 Å². The number of nitrogen functional groups attached to an aromatic ring is 1. The van der Waals surface area contributed by atoms with E-state index < -0.39 is 0 Å². The molecule has 1 rings (SSSR count). The van der Waals surface area contributed by atoms with E-state index in [1.165, 1.54) is 0 Å². The van der Waals surface area contributed by atoms with E-state index in [2.05, 4.69) is 19.2 Å². The summed E-state index contributed by atoms with van der Waals surface area (Å²) in [5, 5.41) is 2.81. The summed E-state index contributed by atoms with van der Waals surface area (Å²) in [5.74, 6) is 0.978. The number of anilines is 1. The normalized spacial score (nSPS) is 10.4. The van der Waals surface area contributed by atoms with E-state index in [-0.39, 0.29) is 5.91 Å². The van der Waals surface area contributed by atoms with Crippen LogP contribution < -0.4 is 15.8 Å². The highest BCUT2D eigenvalue weighted by molar-refractivity contribution is 5.95. The predicted molar refractivity (Wildman–Crippen MR) is 73.8 cm³/mol. The molecule has 0 spiro atoms. The summed E-state index contributed by atoms with van der Waals surface area (Å²) in [6.45, 7) is 7.44. The van der Waals surface area contributed by atoms with Gasteiger partial charge < -0.3 is 15.8 Å². The van der Waals surface area contributed by atoms with Crippen LogP contribution in [0.5, 0.6) is 5.75 Å². The highest BCUT2D eigenvalue weighted by Crippen LogP contribution is 2.23. The summed E-state index contributed by atoms with van der Waals surface area (Å²) < 4.78 is 5.56. The Balaban J connectivity index is 2.69. The number of rotatable bonds is 6. The minimum absolute atomic E-state index is 0.0982. The van der Waals surface area contributed by atoms with Gasteiger partial charge in [-0.05, 0) is 30.5 Å². The fourth-order valence-electron chi connectivity index (χ4n) is 1.42. The molecule has 18 heavy (non-hydrogen) atoms. The fourth-order valence-corrected chi connectivity index (χ4v) is 1.42. The fraction of sp³-hybridized carbons (Fsp3) is 0.500. The Morgan fingerprint density at radius 2 is 2.17 bits per heavy atom. The highest BCUT2D eigenvalue weighted by Gasteiger charge is 2.08. The lowest BCUT2D eigenvalue weighted by molar-refractivity contribution is 0.0953. The lowest BCUT2D eigenvalue weighted by Crippen LogP contribution is -2.24. The lowest BCUT2D eigenvalue weighted by Gasteiger charge is -2.12. The van der Waals surface area contributed by atoms with Gasteiger partial charge in [0.05, 0.1) is 12.3 Å². The van der Waals surface area contributed by atoms with Gasteiger partial charge in [0.25, 0.3) is 5.91 Å². The molecule has 1 aromatic carbocycles. The van der Waals surface area contributed by atoms with E-state index in [9.17, 15) is 4.79 Å². The van der Waals surface area contributed by atoms with E-state index >= 15 is 0 Å². The molecule has 0 saturated carbocycles. The Morgan fingerprint density at radius 3 is 2.72 bits per heavy atom. The molecular formula is C14H22N2O2. The number of amides is 1. The first-order valence-corrected chi connectivity index (χ1v) is 6.35. The quantitative estimate of drug-likeness (QED) is 0.762. The second-order valence-electron chi connectivity index (χ2n) is 4.71. The third-order valence-electron chi connectivity index (χ3n) is 2.38. The Kier molecular flexibility index (Phi) is 5.49. The average molecular weight is 250 g/mol.